The Labute approximate surface area is 124 Å². The highest BCUT2D eigenvalue weighted by Crippen LogP contribution is 2.23. The summed E-state index contributed by atoms with van der Waals surface area (Å²) in [5.41, 5.74) is 3.17. The third-order valence-electron chi connectivity index (χ3n) is 3.41. The predicted molar refractivity (Wildman–Crippen MR) is 83.2 cm³/mol. The van der Waals surface area contributed by atoms with Gasteiger partial charge >= 0.3 is 0 Å². The zero-order chi connectivity index (χ0) is 13.1. The van der Waals surface area contributed by atoms with Gasteiger partial charge in [0.05, 0.1) is 0 Å². The van der Waals surface area contributed by atoms with Crippen LogP contribution in [0.25, 0.3) is 0 Å². The van der Waals surface area contributed by atoms with Crippen molar-refractivity contribution in [1.82, 2.24) is 5.32 Å². The van der Waals surface area contributed by atoms with E-state index in [4.69, 9.17) is 0 Å². The van der Waals surface area contributed by atoms with Crippen LogP contribution in [-0.2, 0) is 11.2 Å². The molecule has 0 radical (unpaired) electrons. The van der Waals surface area contributed by atoms with Crippen LogP contribution < -0.4 is 10.6 Å². The number of para-hydroxylation sites is 1. The van der Waals surface area contributed by atoms with Crippen LogP contribution in [0.5, 0.6) is 0 Å². The van der Waals surface area contributed by atoms with Gasteiger partial charge < -0.3 is 10.6 Å². The summed E-state index contributed by atoms with van der Waals surface area (Å²) in [7, 11) is 0. The van der Waals surface area contributed by atoms with Crippen LogP contribution in [0, 0.1) is 0 Å². The van der Waals surface area contributed by atoms with E-state index in [1.165, 1.54) is 5.56 Å². The maximum atomic E-state index is 12.4. The molecule has 0 aromatic heterocycles. The molecular formula is C16H17ClN2O. The Morgan fingerprint density at radius 2 is 1.75 bits per heavy atom. The van der Waals surface area contributed by atoms with E-state index in [2.05, 4.69) is 16.7 Å². The number of carbonyl (C=O) groups excluding carboxylic acids is 1. The van der Waals surface area contributed by atoms with E-state index in [0.29, 0.717) is 0 Å². The van der Waals surface area contributed by atoms with Gasteiger partial charge in [0.2, 0.25) is 5.91 Å². The Bertz CT molecular complexity index is 586. The molecule has 1 aliphatic rings. The number of anilines is 1. The Morgan fingerprint density at radius 3 is 2.55 bits per heavy atom. The number of nitrogens with one attached hydrogen (secondary N) is 2. The lowest BCUT2D eigenvalue weighted by molar-refractivity contribution is -0.118. The molecule has 0 spiro atoms. The Hall–Kier alpha value is -1.84. The van der Waals surface area contributed by atoms with Gasteiger partial charge in [-0.25, -0.2) is 0 Å². The number of halogens is 1. The van der Waals surface area contributed by atoms with Gasteiger partial charge in [0.15, 0.2) is 0 Å². The Morgan fingerprint density at radius 1 is 1.05 bits per heavy atom. The van der Waals surface area contributed by atoms with Gasteiger partial charge in [0, 0.05) is 12.2 Å². The first-order valence-electron chi connectivity index (χ1n) is 6.52. The lowest BCUT2D eigenvalue weighted by atomic mass is 9.94. The molecule has 0 aliphatic carbocycles. The predicted octanol–water partition coefficient (Wildman–Crippen LogP) is 2.93. The first kappa shape index (κ1) is 14.6. The van der Waals surface area contributed by atoms with Gasteiger partial charge in [-0.1, -0.05) is 42.5 Å². The van der Waals surface area contributed by atoms with E-state index >= 15 is 0 Å². The number of rotatable bonds is 2. The molecule has 1 aliphatic heterocycles. The summed E-state index contributed by atoms with van der Waals surface area (Å²) < 4.78 is 0. The molecular weight excluding hydrogens is 272 g/mol. The summed E-state index contributed by atoms with van der Waals surface area (Å²) in [6.07, 6.45) is 0.977. The quantitative estimate of drug-likeness (QED) is 0.892. The van der Waals surface area contributed by atoms with E-state index in [1.807, 2.05) is 48.5 Å². The first-order chi connectivity index (χ1) is 9.34. The third kappa shape index (κ3) is 3.00. The molecule has 0 fully saturated rings. The molecule has 3 nitrogen and oxygen atoms in total. The largest absolute Gasteiger partial charge is 0.324 e. The molecule has 2 N–H and O–H groups in total. The molecule has 0 bridgehead atoms. The number of hydrogen-bond donors (Lipinski definition) is 2. The van der Waals surface area contributed by atoms with Crippen LogP contribution in [0.4, 0.5) is 5.69 Å². The monoisotopic (exact) mass is 288 g/mol. The summed E-state index contributed by atoms with van der Waals surface area (Å²) in [5, 5.41) is 6.23. The van der Waals surface area contributed by atoms with Crippen molar-refractivity contribution in [3.8, 4) is 0 Å². The lowest BCUT2D eigenvalue weighted by Crippen LogP contribution is -2.38. The summed E-state index contributed by atoms with van der Waals surface area (Å²) in [5.74, 6) is -0.00153. The summed E-state index contributed by atoms with van der Waals surface area (Å²) >= 11 is 0. The molecule has 4 heteroatoms. The molecule has 104 valence electrons. The summed E-state index contributed by atoms with van der Waals surface area (Å²) in [6.45, 7) is 0.837. The van der Waals surface area contributed by atoms with E-state index < -0.39 is 0 Å². The zero-order valence-electron chi connectivity index (χ0n) is 11.0. The van der Waals surface area contributed by atoms with Crippen molar-refractivity contribution in [2.75, 3.05) is 11.9 Å². The number of benzene rings is 2. The van der Waals surface area contributed by atoms with Crippen LogP contribution in [-0.4, -0.2) is 12.5 Å². The van der Waals surface area contributed by atoms with Crippen molar-refractivity contribution >= 4 is 24.0 Å². The van der Waals surface area contributed by atoms with Gasteiger partial charge in [-0.15, -0.1) is 12.4 Å². The molecule has 1 unspecified atom stereocenters. The minimum Gasteiger partial charge on any atom is -0.324 e. The molecule has 2 aromatic rings. The van der Waals surface area contributed by atoms with Gasteiger partial charge in [-0.05, 0) is 29.7 Å². The molecule has 1 atom stereocenters. The first-order valence-corrected chi connectivity index (χ1v) is 6.52. The number of fused-ring (bicyclic) bond motifs is 1. The maximum absolute atomic E-state index is 12.4. The van der Waals surface area contributed by atoms with Crippen molar-refractivity contribution in [1.29, 1.82) is 0 Å². The molecule has 20 heavy (non-hydrogen) atoms. The highest BCUT2D eigenvalue weighted by molar-refractivity contribution is 5.95. The smallest absolute Gasteiger partial charge is 0.246 e. The van der Waals surface area contributed by atoms with Gasteiger partial charge in [-0.2, -0.15) is 0 Å². The Balaban J connectivity index is 0.00000147. The molecule has 1 amide bonds. The molecule has 3 rings (SSSR count). The molecule has 1 heterocycles. The van der Waals surface area contributed by atoms with Crippen LogP contribution in [0.15, 0.2) is 54.6 Å². The van der Waals surface area contributed by atoms with Gasteiger partial charge in [0.25, 0.3) is 0 Å². The Kier molecular flexibility index (Phi) is 4.77. The van der Waals surface area contributed by atoms with Gasteiger partial charge in [0.1, 0.15) is 6.04 Å². The minimum atomic E-state index is -0.259. The second kappa shape index (κ2) is 6.55. The fourth-order valence-electron chi connectivity index (χ4n) is 2.47. The molecule has 2 aromatic carbocycles. The SMILES string of the molecule is Cl.O=C(Nc1ccccc1)C1NCCc2ccccc21. The van der Waals surface area contributed by atoms with E-state index in [-0.39, 0.29) is 24.4 Å². The van der Waals surface area contributed by atoms with Crippen LogP contribution >= 0.6 is 12.4 Å². The van der Waals surface area contributed by atoms with E-state index in [1.54, 1.807) is 0 Å². The highest BCUT2D eigenvalue weighted by Gasteiger charge is 2.25. The lowest BCUT2D eigenvalue weighted by Gasteiger charge is -2.26. The van der Waals surface area contributed by atoms with Crippen molar-refractivity contribution in [2.24, 2.45) is 0 Å². The fraction of sp³-hybridized carbons (Fsp3) is 0.188. The fourth-order valence-corrected chi connectivity index (χ4v) is 2.47. The van der Waals surface area contributed by atoms with Crippen molar-refractivity contribution in [3.05, 3.63) is 65.7 Å². The second-order valence-corrected chi connectivity index (χ2v) is 4.69. The topological polar surface area (TPSA) is 41.1 Å². The normalized spacial score (nSPS) is 16.7. The van der Waals surface area contributed by atoms with Crippen molar-refractivity contribution < 1.29 is 4.79 Å². The minimum absolute atomic E-state index is 0. The zero-order valence-corrected chi connectivity index (χ0v) is 11.8. The molecule has 0 saturated carbocycles. The average molecular weight is 289 g/mol. The van der Waals surface area contributed by atoms with E-state index in [9.17, 15) is 4.79 Å². The van der Waals surface area contributed by atoms with Crippen LogP contribution in [0.1, 0.15) is 17.2 Å². The average Bonchev–Trinajstić information content (AvgIpc) is 2.47. The third-order valence-corrected chi connectivity index (χ3v) is 3.41. The van der Waals surface area contributed by atoms with E-state index in [0.717, 1.165) is 24.2 Å². The van der Waals surface area contributed by atoms with Crippen molar-refractivity contribution in [2.45, 2.75) is 12.5 Å². The summed E-state index contributed by atoms with van der Waals surface area (Å²) in [6, 6.07) is 17.4. The molecule has 0 saturated heterocycles. The van der Waals surface area contributed by atoms with Crippen molar-refractivity contribution in [3.63, 3.8) is 0 Å². The number of amides is 1. The number of hydrogen-bond acceptors (Lipinski definition) is 2. The highest BCUT2D eigenvalue weighted by atomic mass is 35.5. The standard InChI is InChI=1S/C16H16N2O.ClH/c19-16(18-13-7-2-1-3-8-13)15-14-9-5-4-6-12(14)10-11-17-15;/h1-9,15,17H,10-11H2,(H,18,19);1H. The second-order valence-electron chi connectivity index (χ2n) is 4.69. The van der Waals surface area contributed by atoms with Crippen LogP contribution in [0.3, 0.4) is 0 Å². The number of carbonyl (C=O) groups is 1. The van der Waals surface area contributed by atoms with Gasteiger partial charge in [-0.3, -0.25) is 4.79 Å². The van der Waals surface area contributed by atoms with Crippen LogP contribution in [0.2, 0.25) is 0 Å². The maximum Gasteiger partial charge on any atom is 0.246 e. The summed E-state index contributed by atoms with van der Waals surface area (Å²) in [4.78, 5) is 12.4.